The fraction of sp³-hybridized carbons (Fsp3) is 0.0714. The number of nitrogens with one attached hydrogen (secondary N) is 2. The third-order valence-corrected chi connectivity index (χ3v) is 2.75. The predicted octanol–water partition coefficient (Wildman–Crippen LogP) is 3.31. The number of aromatic amines is 1. The highest BCUT2D eigenvalue weighted by atomic mass is 19.1. The van der Waals surface area contributed by atoms with Gasteiger partial charge in [0.25, 0.3) is 0 Å². The lowest BCUT2D eigenvalue weighted by atomic mass is 10.3. The van der Waals surface area contributed by atoms with Crippen molar-refractivity contribution in [2.75, 3.05) is 5.32 Å². The molecule has 3 aromatic rings. The maximum absolute atomic E-state index is 13.5. The van der Waals surface area contributed by atoms with Crippen molar-refractivity contribution in [2.24, 2.45) is 0 Å². The maximum Gasteiger partial charge on any atom is 0.151 e. The Balaban J connectivity index is 1.81. The minimum Gasteiger partial charge on any atom is -0.378 e. The summed E-state index contributed by atoms with van der Waals surface area (Å²) < 4.78 is 13.5. The van der Waals surface area contributed by atoms with Crippen LogP contribution in [0.3, 0.4) is 0 Å². The average Bonchev–Trinajstić information content (AvgIpc) is 2.82. The summed E-state index contributed by atoms with van der Waals surface area (Å²) >= 11 is 0. The van der Waals surface area contributed by atoms with Gasteiger partial charge in [0, 0.05) is 5.69 Å². The van der Waals surface area contributed by atoms with Crippen molar-refractivity contribution in [1.29, 1.82) is 0 Å². The molecule has 0 atom stereocenters. The summed E-state index contributed by atoms with van der Waals surface area (Å²) in [5.74, 6) is 0.425. The summed E-state index contributed by atoms with van der Waals surface area (Å²) in [6.45, 7) is 0.540. The van der Waals surface area contributed by atoms with E-state index in [0.717, 1.165) is 17.0 Å². The molecule has 2 aromatic carbocycles. The van der Waals surface area contributed by atoms with E-state index in [4.69, 9.17) is 0 Å². The summed E-state index contributed by atoms with van der Waals surface area (Å²) in [6, 6.07) is 14.7. The van der Waals surface area contributed by atoms with Gasteiger partial charge in [-0.25, -0.2) is 9.37 Å². The van der Waals surface area contributed by atoms with Crippen LogP contribution in [0.2, 0.25) is 0 Å². The van der Waals surface area contributed by atoms with Gasteiger partial charge in [-0.15, -0.1) is 0 Å². The van der Waals surface area contributed by atoms with E-state index >= 15 is 0 Å². The fourth-order valence-electron chi connectivity index (χ4n) is 1.87. The van der Waals surface area contributed by atoms with E-state index in [2.05, 4.69) is 15.3 Å². The maximum atomic E-state index is 13.5. The molecule has 0 bridgehead atoms. The minimum atomic E-state index is -0.297. The van der Waals surface area contributed by atoms with Crippen molar-refractivity contribution in [1.82, 2.24) is 9.97 Å². The lowest BCUT2D eigenvalue weighted by Gasteiger charge is -2.02. The highest BCUT2D eigenvalue weighted by Gasteiger charge is 2.06. The van der Waals surface area contributed by atoms with E-state index in [9.17, 15) is 4.39 Å². The standard InChI is InChI=1S/C14H12FN3/c15-11-7-4-8-12-14(11)18-13(17-12)9-16-10-5-2-1-3-6-10/h1-8,16H,9H2,(H,17,18). The van der Waals surface area contributed by atoms with Gasteiger partial charge in [0.1, 0.15) is 11.3 Å². The van der Waals surface area contributed by atoms with Crippen molar-refractivity contribution in [3.05, 3.63) is 60.2 Å². The molecule has 90 valence electrons. The molecule has 0 saturated heterocycles. The van der Waals surface area contributed by atoms with Crippen molar-refractivity contribution in [2.45, 2.75) is 6.54 Å². The van der Waals surface area contributed by atoms with E-state index < -0.39 is 0 Å². The van der Waals surface area contributed by atoms with Gasteiger partial charge in [-0.05, 0) is 24.3 Å². The lowest BCUT2D eigenvalue weighted by molar-refractivity contribution is 0.637. The number of rotatable bonds is 3. The minimum absolute atomic E-state index is 0.297. The number of H-pyrrole nitrogens is 1. The van der Waals surface area contributed by atoms with Crippen LogP contribution in [0.5, 0.6) is 0 Å². The van der Waals surface area contributed by atoms with Gasteiger partial charge in [0.05, 0.1) is 12.1 Å². The highest BCUT2D eigenvalue weighted by molar-refractivity contribution is 5.75. The number of halogens is 1. The number of fused-ring (bicyclic) bond motifs is 1. The quantitative estimate of drug-likeness (QED) is 0.738. The number of imidazole rings is 1. The predicted molar refractivity (Wildman–Crippen MR) is 69.8 cm³/mol. The van der Waals surface area contributed by atoms with Crippen molar-refractivity contribution < 1.29 is 4.39 Å². The molecule has 0 spiro atoms. The van der Waals surface area contributed by atoms with Crippen LogP contribution in [-0.4, -0.2) is 9.97 Å². The molecule has 0 fully saturated rings. The Kier molecular flexibility index (Phi) is 2.68. The highest BCUT2D eigenvalue weighted by Crippen LogP contribution is 2.15. The van der Waals surface area contributed by atoms with E-state index in [1.165, 1.54) is 6.07 Å². The molecular formula is C14H12FN3. The molecule has 1 heterocycles. The van der Waals surface area contributed by atoms with E-state index in [0.29, 0.717) is 12.1 Å². The first kappa shape index (κ1) is 10.8. The normalized spacial score (nSPS) is 10.7. The Morgan fingerprint density at radius 2 is 1.89 bits per heavy atom. The summed E-state index contributed by atoms with van der Waals surface area (Å²) in [7, 11) is 0. The van der Waals surface area contributed by atoms with Gasteiger partial charge in [0.15, 0.2) is 5.82 Å². The first-order valence-corrected chi connectivity index (χ1v) is 5.75. The monoisotopic (exact) mass is 241 g/mol. The molecule has 0 amide bonds. The zero-order valence-corrected chi connectivity index (χ0v) is 9.65. The van der Waals surface area contributed by atoms with Crippen LogP contribution >= 0.6 is 0 Å². The molecule has 0 saturated carbocycles. The van der Waals surface area contributed by atoms with Gasteiger partial charge in [-0.1, -0.05) is 24.3 Å². The Morgan fingerprint density at radius 3 is 2.67 bits per heavy atom. The number of anilines is 1. The third-order valence-electron chi connectivity index (χ3n) is 2.75. The molecule has 3 nitrogen and oxygen atoms in total. The fourth-order valence-corrected chi connectivity index (χ4v) is 1.87. The molecule has 3 rings (SSSR count). The molecule has 0 aliphatic rings. The molecule has 4 heteroatoms. The Hall–Kier alpha value is -2.36. The Morgan fingerprint density at radius 1 is 1.06 bits per heavy atom. The zero-order valence-electron chi connectivity index (χ0n) is 9.65. The number of nitrogens with zero attached hydrogens (tertiary/aromatic N) is 1. The average molecular weight is 241 g/mol. The molecular weight excluding hydrogens is 229 g/mol. The first-order valence-electron chi connectivity index (χ1n) is 5.75. The summed E-state index contributed by atoms with van der Waals surface area (Å²) in [4.78, 5) is 7.33. The van der Waals surface area contributed by atoms with Gasteiger partial charge in [-0.3, -0.25) is 0 Å². The SMILES string of the molecule is Fc1cccc2[nH]c(CNc3ccccc3)nc12. The summed E-state index contributed by atoms with van der Waals surface area (Å²) in [5.41, 5.74) is 2.13. The van der Waals surface area contributed by atoms with Crippen LogP contribution in [-0.2, 0) is 6.54 Å². The van der Waals surface area contributed by atoms with Crippen LogP contribution in [0.25, 0.3) is 11.0 Å². The smallest absolute Gasteiger partial charge is 0.151 e. The number of benzene rings is 2. The second-order valence-electron chi connectivity index (χ2n) is 4.04. The molecule has 0 radical (unpaired) electrons. The third kappa shape index (κ3) is 2.05. The van der Waals surface area contributed by atoms with Crippen LogP contribution in [0, 0.1) is 5.82 Å². The van der Waals surface area contributed by atoms with E-state index in [1.807, 2.05) is 36.4 Å². The number of hydrogen-bond donors (Lipinski definition) is 2. The van der Waals surface area contributed by atoms with Crippen molar-refractivity contribution in [3.63, 3.8) is 0 Å². The van der Waals surface area contributed by atoms with Gasteiger partial charge >= 0.3 is 0 Å². The van der Waals surface area contributed by atoms with Gasteiger partial charge < -0.3 is 10.3 Å². The van der Waals surface area contributed by atoms with Crippen LogP contribution in [0.15, 0.2) is 48.5 Å². The molecule has 2 N–H and O–H groups in total. The lowest BCUT2D eigenvalue weighted by Crippen LogP contribution is -2.00. The second kappa shape index (κ2) is 4.49. The molecule has 18 heavy (non-hydrogen) atoms. The second-order valence-corrected chi connectivity index (χ2v) is 4.04. The Labute approximate surface area is 104 Å². The van der Waals surface area contributed by atoms with Crippen molar-refractivity contribution in [3.8, 4) is 0 Å². The zero-order chi connectivity index (χ0) is 12.4. The van der Waals surface area contributed by atoms with Crippen LogP contribution < -0.4 is 5.32 Å². The summed E-state index contributed by atoms with van der Waals surface area (Å²) in [5, 5.41) is 3.23. The van der Waals surface area contributed by atoms with Crippen LogP contribution in [0.4, 0.5) is 10.1 Å². The summed E-state index contributed by atoms with van der Waals surface area (Å²) in [6.07, 6.45) is 0. The number of hydrogen-bond acceptors (Lipinski definition) is 2. The van der Waals surface area contributed by atoms with Crippen LogP contribution in [0.1, 0.15) is 5.82 Å². The van der Waals surface area contributed by atoms with Gasteiger partial charge in [0.2, 0.25) is 0 Å². The van der Waals surface area contributed by atoms with Gasteiger partial charge in [-0.2, -0.15) is 0 Å². The molecule has 0 aliphatic heterocycles. The molecule has 0 unspecified atom stereocenters. The van der Waals surface area contributed by atoms with E-state index in [-0.39, 0.29) is 5.82 Å². The first-order chi connectivity index (χ1) is 8.83. The largest absolute Gasteiger partial charge is 0.378 e. The van der Waals surface area contributed by atoms with E-state index in [1.54, 1.807) is 6.07 Å². The van der Waals surface area contributed by atoms with Crippen molar-refractivity contribution >= 4 is 16.7 Å². The topological polar surface area (TPSA) is 40.7 Å². The molecule has 0 aliphatic carbocycles. The number of aromatic nitrogens is 2. The molecule has 1 aromatic heterocycles. The Bertz CT molecular complexity index is 661. The number of para-hydroxylation sites is 2.